The molecule has 1 N–H and O–H groups in total. The molecule has 1 aliphatic carbocycles. The predicted molar refractivity (Wildman–Crippen MR) is 113 cm³/mol. The van der Waals surface area contributed by atoms with Gasteiger partial charge in [0.05, 0.1) is 11.2 Å². The van der Waals surface area contributed by atoms with E-state index in [0.29, 0.717) is 24.2 Å². The van der Waals surface area contributed by atoms with Crippen LogP contribution in [0.5, 0.6) is 0 Å². The number of piperazine rings is 1. The molecular weight excluding hydrogens is 376 g/mol. The molecule has 1 amide bonds. The van der Waals surface area contributed by atoms with Crippen LogP contribution in [0, 0.1) is 0 Å². The summed E-state index contributed by atoms with van der Waals surface area (Å²) in [6, 6.07) is 8.48. The highest BCUT2D eigenvalue weighted by Crippen LogP contribution is 2.34. The number of anilines is 2. The zero-order valence-electron chi connectivity index (χ0n) is 16.7. The van der Waals surface area contributed by atoms with E-state index in [2.05, 4.69) is 16.3 Å². The second-order valence-electron chi connectivity index (χ2n) is 8.57. The van der Waals surface area contributed by atoms with E-state index >= 15 is 0 Å². The summed E-state index contributed by atoms with van der Waals surface area (Å²) < 4.78 is 5.50. The molecule has 1 saturated carbocycles. The Labute approximate surface area is 170 Å². The van der Waals surface area contributed by atoms with Gasteiger partial charge in [0.15, 0.2) is 5.82 Å². The number of ether oxygens (including phenoxy) is 1. The number of hydrogen-bond acceptors (Lipinski definition) is 5. The average molecular weight is 403 g/mol. The molecule has 1 aliphatic heterocycles. The van der Waals surface area contributed by atoms with Gasteiger partial charge >= 0.3 is 6.09 Å². The van der Waals surface area contributed by atoms with E-state index in [4.69, 9.17) is 21.3 Å². The van der Waals surface area contributed by atoms with Crippen molar-refractivity contribution in [1.82, 2.24) is 9.88 Å². The summed E-state index contributed by atoms with van der Waals surface area (Å²) in [6.07, 6.45) is 2.12. The first-order valence-corrected chi connectivity index (χ1v) is 10.3. The highest BCUT2D eigenvalue weighted by molar-refractivity contribution is 6.31. The SMILES string of the molecule is CC(C)(C)OC(=O)N1CCN(c2cc3ccc(Cl)cc3nc2NC2CC2)CC1. The summed E-state index contributed by atoms with van der Waals surface area (Å²) in [4.78, 5) is 21.3. The molecule has 0 atom stereocenters. The van der Waals surface area contributed by atoms with Crippen molar-refractivity contribution in [3.63, 3.8) is 0 Å². The van der Waals surface area contributed by atoms with Crippen LogP contribution in [-0.2, 0) is 4.74 Å². The summed E-state index contributed by atoms with van der Waals surface area (Å²) >= 11 is 6.15. The van der Waals surface area contributed by atoms with Crippen LogP contribution in [0.4, 0.5) is 16.3 Å². The smallest absolute Gasteiger partial charge is 0.410 e. The Hall–Kier alpha value is -2.21. The number of nitrogens with zero attached hydrogens (tertiary/aromatic N) is 3. The van der Waals surface area contributed by atoms with Crippen LogP contribution < -0.4 is 10.2 Å². The number of nitrogens with one attached hydrogen (secondary N) is 1. The van der Waals surface area contributed by atoms with E-state index in [1.807, 2.05) is 39.0 Å². The fourth-order valence-corrected chi connectivity index (χ4v) is 3.52. The van der Waals surface area contributed by atoms with Gasteiger partial charge in [0, 0.05) is 42.6 Å². The van der Waals surface area contributed by atoms with Crippen molar-refractivity contribution < 1.29 is 9.53 Å². The van der Waals surface area contributed by atoms with E-state index in [1.54, 1.807) is 4.90 Å². The molecule has 0 bridgehead atoms. The lowest BCUT2D eigenvalue weighted by molar-refractivity contribution is 0.0240. The molecule has 7 heteroatoms. The van der Waals surface area contributed by atoms with Gasteiger partial charge in [-0.3, -0.25) is 0 Å². The average Bonchev–Trinajstić information content (AvgIpc) is 3.44. The number of carbonyl (C=O) groups excluding carboxylic acids is 1. The molecule has 0 unspecified atom stereocenters. The van der Waals surface area contributed by atoms with E-state index in [9.17, 15) is 4.79 Å². The lowest BCUT2D eigenvalue weighted by Gasteiger charge is -2.37. The second-order valence-corrected chi connectivity index (χ2v) is 9.00. The van der Waals surface area contributed by atoms with Gasteiger partial charge in [-0.25, -0.2) is 9.78 Å². The Balaban J connectivity index is 1.53. The Kier molecular flexibility index (Phi) is 5.00. The number of aromatic nitrogens is 1. The van der Waals surface area contributed by atoms with E-state index in [0.717, 1.165) is 35.5 Å². The third-order valence-electron chi connectivity index (χ3n) is 4.95. The van der Waals surface area contributed by atoms with E-state index in [-0.39, 0.29) is 6.09 Å². The van der Waals surface area contributed by atoms with Crippen LogP contribution in [-0.4, -0.2) is 53.8 Å². The topological polar surface area (TPSA) is 57.7 Å². The van der Waals surface area contributed by atoms with Gasteiger partial charge in [0.1, 0.15) is 5.60 Å². The second kappa shape index (κ2) is 7.32. The Morgan fingerprint density at radius 2 is 1.89 bits per heavy atom. The number of amides is 1. The number of rotatable bonds is 3. The van der Waals surface area contributed by atoms with Gasteiger partial charge in [0.2, 0.25) is 0 Å². The molecule has 2 aromatic rings. The Morgan fingerprint density at radius 3 is 2.54 bits per heavy atom. The Morgan fingerprint density at radius 1 is 1.18 bits per heavy atom. The minimum atomic E-state index is -0.473. The highest BCUT2D eigenvalue weighted by atomic mass is 35.5. The zero-order valence-corrected chi connectivity index (χ0v) is 17.4. The number of hydrogen-bond donors (Lipinski definition) is 1. The maximum Gasteiger partial charge on any atom is 0.410 e. The first kappa shape index (κ1) is 19.1. The lowest BCUT2D eigenvalue weighted by Crippen LogP contribution is -2.50. The van der Waals surface area contributed by atoms with Gasteiger partial charge in [0.25, 0.3) is 0 Å². The van der Waals surface area contributed by atoms with Crippen molar-refractivity contribution in [3.8, 4) is 0 Å². The zero-order chi connectivity index (χ0) is 19.9. The molecule has 2 heterocycles. The van der Waals surface area contributed by atoms with Crippen molar-refractivity contribution in [2.24, 2.45) is 0 Å². The predicted octanol–water partition coefficient (Wildman–Crippen LogP) is 4.52. The van der Waals surface area contributed by atoms with Gasteiger partial charge in [-0.2, -0.15) is 0 Å². The molecule has 28 heavy (non-hydrogen) atoms. The van der Waals surface area contributed by atoms with Gasteiger partial charge in [-0.05, 0) is 51.8 Å². The number of halogens is 1. The van der Waals surface area contributed by atoms with Gasteiger partial charge in [-0.15, -0.1) is 0 Å². The highest BCUT2D eigenvalue weighted by Gasteiger charge is 2.28. The van der Waals surface area contributed by atoms with Crippen molar-refractivity contribution in [2.45, 2.75) is 45.3 Å². The Bertz CT molecular complexity index is 884. The fourth-order valence-electron chi connectivity index (χ4n) is 3.35. The van der Waals surface area contributed by atoms with Crippen molar-refractivity contribution in [2.75, 3.05) is 36.4 Å². The lowest BCUT2D eigenvalue weighted by atomic mass is 10.1. The van der Waals surface area contributed by atoms with Crippen LogP contribution in [0.15, 0.2) is 24.3 Å². The summed E-state index contributed by atoms with van der Waals surface area (Å²) in [5.41, 5.74) is 1.51. The molecule has 0 radical (unpaired) electrons. The molecule has 0 spiro atoms. The summed E-state index contributed by atoms with van der Waals surface area (Å²) in [6.45, 7) is 8.45. The minimum Gasteiger partial charge on any atom is -0.444 e. The quantitative estimate of drug-likeness (QED) is 0.817. The normalized spacial score (nSPS) is 17.7. The number of carbonyl (C=O) groups is 1. The molecule has 1 aromatic carbocycles. The standard InChI is InChI=1S/C21H27ClN4O2/c1-21(2,3)28-20(27)26-10-8-25(9-11-26)18-12-14-4-5-15(22)13-17(14)24-19(18)23-16-6-7-16/h4-5,12-13,16H,6-11H2,1-3H3,(H,23,24). The van der Waals surface area contributed by atoms with Crippen molar-refractivity contribution in [1.29, 1.82) is 0 Å². The molecule has 2 aliphatic rings. The van der Waals surface area contributed by atoms with Gasteiger partial charge in [-0.1, -0.05) is 17.7 Å². The van der Waals surface area contributed by atoms with Crippen LogP contribution in [0.25, 0.3) is 10.9 Å². The number of fused-ring (bicyclic) bond motifs is 1. The molecule has 150 valence electrons. The first-order chi connectivity index (χ1) is 13.3. The summed E-state index contributed by atoms with van der Waals surface area (Å²) in [5, 5.41) is 5.31. The number of pyridine rings is 1. The third-order valence-corrected chi connectivity index (χ3v) is 5.18. The third kappa shape index (κ3) is 4.43. The van der Waals surface area contributed by atoms with Crippen molar-refractivity contribution in [3.05, 3.63) is 29.3 Å². The largest absolute Gasteiger partial charge is 0.444 e. The van der Waals surface area contributed by atoms with Crippen LogP contribution in [0.2, 0.25) is 5.02 Å². The minimum absolute atomic E-state index is 0.241. The van der Waals surface area contributed by atoms with Crippen LogP contribution in [0.1, 0.15) is 33.6 Å². The molecule has 1 aromatic heterocycles. The van der Waals surface area contributed by atoms with E-state index < -0.39 is 5.60 Å². The molecule has 2 fully saturated rings. The fraction of sp³-hybridized carbons (Fsp3) is 0.524. The number of benzene rings is 1. The molecule has 6 nitrogen and oxygen atoms in total. The van der Waals surface area contributed by atoms with Crippen LogP contribution >= 0.6 is 11.6 Å². The monoisotopic (exact) mass is 402 g/mol. The molecule has 4 rings (SSSR count). The maximum absolute atomic E-state index is 12.3. The summed E-state index contributed by atoms with van der Waals surface area (Å²) in [7, 11) is 0. The maximum atomic E-state index is 12.3. The molecule has 1 saturated heterocycles. The summed E-state index contributed by atoms with van der Waals surface area (Å²) in [5.74, 6) is 0.906. The van der Waals surface area contributed by atoms with E-state index in [1.165, 1.54) is 12.8 Å². The first-order valence-electron chi connectivity index (χ1n) is 9.88. The van der Waals surface area contributed by atoms with Crippen LogP contribution in [0.3, 0.4) is 0 Å². The van der Waals surface area contributed by atoms with Gasteiger partial charge < -0.3 is 19.9 Å². The van der Waals surface area contributed by atoms with Crippen molar-refractivity contribution >= 4 is 40.1 Å². The molecular formula is C21H27ClN4O2.